The highest BCUT2D eigenvalue weighted by Crippen LogP contribution is 2.25. The molecule has 0 aliphatic heterocycles. The highest BCUT2D eigenvalue weighted by atomic mass is 32.2. The minimum absolute atomic E-state index is 0.0541. The number of imidazole rings is 1. The molecule has 4 aromatic rings. The molecule has 8 nitrogen and oxygen atoms in total. The van der Waals surface area contributed by atoms with E-state index in [4.69, 9.17) is 0 Å². The van der Waals surface area contributed by atoms with Crippen LogP contribution in [-0.2, 0) is 16.6 Å². The van der Waals surface area contributed by atoms with Crippen LogP contribution in [0.5, 0.6) is 0 Å². The summed E-state index contributed by atoms with van der Waals surface area (Å²) in [4.78, 5) is 16.6. The largest absolute Gasteiger partial charge is 0.390 e. The first-order valence-corrected chi connectivity index (χ1v) is 11.0. The molecule has 0 amide bonds. The van der Waals surface area contributed by atoms with Gasteiger partial charge >= 0.3 is 5.69 Å². The molecule has 0 aliphatic carbocycles. The van der Waals surface area contributed by atoms with E-state index in [1.165, 1.54) is 19.2 Å². The van der Waals surface area contributed by atoms with Gasteiger partial charge in [-0.15, -0.1) is 0 Å². The Balaban J connectivity index is 1.56. The Morgan fingerprint density at radius 3 is 2.57 bits per heavy atom. The summed E-state index contributed by atoms with van der Waals surface area (Å²) in [5.41, 5.74) is 3.76. The number of nitrogens with one attached hydrogen (secondary N) is 2. The molecule has 1 unspecified atom stereocenters. The number of aliphatic hydroxyl groups excluding tert-OH is 1. The number of aryl methyl sites for hydroxylation is 1. The summed E-state index contributed by atoms with van der Waals surface area (Å²) in [6.45, 7) is 4.26. The Bertz CT molecular complexity index is 1400. The number of sulfonamides is 1. The highest BCUT2D eigenvalue weighted by molar-refractivity contribution is 7.89. The first-order chi connectivity index (χ1) is 14.2. The van der Waals surface area contributed by atoms with E-state index in [1.54, 1.807) is 6.07 Å². The van der Waals surface area contributed by atoms with Gasteiger partial charge in [0.05, 0.1) is 28.6 Å². The number of aromatic amines is 2. The molecule has 0 fully saturated rings. The number of rotatable bonds is 6. The predicted octanol–water partition coefficient (Wildman–Crippen LogP) is 2.11. The van der Waals surface area contributed by atoms with E-state index >= 15 is 0 Å². The van der Waals surface area contributed by atoms with Crippen LogP contribution in [0.15, 0.2) is 52.2 Å². The van der Waals surface area contributed by atoms with Crippen molar-refractivity contribution in [1.29, 1.82) is 0 Å². The quantitative estimate of drug-likeness (QED) is 0.437. The van der Waals surface area contributed by atoms with Crippen molar-refractivity contribution in [2.75, 3.05) is 13.6 Å². The van der Waals surface area contributed by atoms with Crippen molar-refractivity contribution >= 4 is 32.0 Å². The second-order valence-corrected chi connectivity index (χ2v) is 9.61. The van der Waals surface area contributed by atoms with E-state index in [0.29, 0.717) is 11.0 Å². The number of likely N-dealkylation sites (N-methyl/N-ethyl adjacent to an activating group) is 1. The smallest absolute Gasteiger partial charge is 0.323 e. The van der Waals surface area contributed by atoms with Crippen LogP contribution in [-0.4, -0.2) is 52.1 Å². The predicted molar refractivity (Wildman–Crippen MR) is 116 cm³/mol. The summed E-state index contributed by atoms with van der Waals surface area (Å²) in [6.07, 6.45) is -0.894. The van der Waals surface area contributed by atoms with Crippen LogP contribution in [0.25, 0.3) is 21.9 Å². The number of nitrogens with zero attached hydrogens (tertiary/aromatic N) is 2. The fourth-order valence-corrected chi connectivity index (χ4v) is 5.09. The van der Waals surface area contributed by atoms with Crippen molar-refractivity contribution in [2.24, 2.45) is 0 Å². The standard InChI is InChI=1S/C21H24N4O4S/c1-13-14(2)25(20-7-5-4-6-17(13)20)12-15(26)11-24(3)30(28,29)16-8-9-18-19(10-16)23-21(27)22-18/h4-10,15,26H,11-12H2,1-3H3,(H2,22,23,27). The van der Waals surface area contributed by atoms with Gasteiger partial charge in [-0.05, 0) is 43.7 Å². The average molecular weight is 429 g/mol. The molecule has 0 saturated carbocycles. The van der Waals surface area contributed by atoms with Gasteiger partial charge in [0.2, 0.25) is 10.0 Å². The van der Waals surface area contributed by atoms with Gasteiger partial charge in [0, 0.05) is 30.2 Å². The summed E-state index contributed by atoms with van der Waals surface area (Å²) in [5.74, 6) is 0. The third-order valence-corrected chi connectivity index (χ3v) is 7.42. The van der Waals surface area contributed by atoms with Crippen molar-refractivity contribution in [1.82, 2.24) is 18.8 Å². The topological polar surface area (TPSA) is 111 Å². The van der Waals surface area contributed by atoms with Gasteiger partial charge in [0.15, 0.2) is 0 Å². The summed E-state index contributed by atoms with van der Waals surface area (Å²) >= 11 is 0. The van der Waals surface area contributed by atoms with Gasteiger partial charge in [-0.3, -0.25) is 0 Å². The fraction of sp³-hybridized carbons (Fsp3) is 0.286. The van der Waals surface area contributed by atoms with Crippen molar-refractivity contribution in [3.63, 3.8) is 0 Å². The molecule has 2 heterocycles. The number of H-pyrrole nitrogens is 2. The zero-order valence-corrected chi connectivity index (χ0v) is 17.8. The molecule has 0 saturated heterocycles. The monoisotopic (exact) mass is 428 g/mol. The second-order valence-electron chi connectivity index (χ2n) is 7.56. The minimum Gasteiger partial charge on any atom is -0.390 e. The van der Waals surface area contributed by atoms with Crippen LogP contribution in [0.2, 0.25) is 0 Å². The third-order valence-electron chi connectivity index (χ3n) is 5.60. The maximum Gasteiger partial charge on any atom is 0.323 e. The summed E-state index contributed by atoms with van der Waals surface area (Å²) in [7, 11) is -2.39. The molecule has 4 rings (SSSR count). The maximum atomic E-state index is 13.0. The molecule has 0 radical (unpaired) electrons. The average Bonchev–Trinajstić information content (AvgIpc) is 3.19. The van der Waals surface area contributed by atoms with Gasteiger partial charge < -0.3 is 19.6 Å². The van der Waals surface area contributed by atoms with E-state index in [2.05, 4.69) is 9.97 Å². The van der Waals surface area contributed by atoms with Crippen molar-refractivity contribution < 1.29 is 13.5 Å². The Morgan fingerprint density at radius 2 is 1.80 bits per heavy atom. The number of hydrogen-bond acceptors (Lipinski definition) is 4. The van der Waals surface area contributed by atoms with Crippen LogP contribution < -0.4 is 5.69 Å². The second kappa shape index (κ2) is 7.42. The molecule has 9 heteroatoms. The van der Waals surface area contributed by atoms with Crippen LogP contribution >= 0.6 is 0 Å². The molecule has 30 heavy (non-hydrogen) atoms. The van der Waals surface area contributed by atoms with E-state index in [-0.39, 0.29) is 18.0 Å². The lowest BCUT2D eigenvalue weighted by Crippen LogP contribution is -2.36. The van der Waals surface area contributed by atoms with Crippen LogP contribution in [0.4, 0.5) is 0 Å². The number of fused-ring (bicyclic) bond motifs is 2. The SMILES string of the molecule is Cc1c(C)n(CC(O)CN(C)S(=O)(=O)c2ccc3[nH]c(=O)[nH]c3c2)c2ccccc12. The zero-order chi connectivity index (χ0) is 21.6. The molecule has 1 atom stereocenters. The normalized spacial score (nSPS) is 13.5. The Labute approximate surface area is 173 Å². The minimum atomic E-state index is -3.83. The van der Waals surface area contributed by atoms with E-state index in [9.17, 15) is 18.3 Å². The van der Waals surface area contributed by atoms with Gasteiger partial charge in [-0.2, -0.15) is 4.31 Å². The molecule has 2 aromatic carbocycles. The summed E-state index contributed by atoms with van der Waals surface area (Å²) < 4.78 is 29.1. The molecule has 0 spiro atoms. The number of para-hydroxylation sites is 1. The van der Waals surface area contributed by atoms with Crippen molar-refractivity contribution in [3.05, 3.63) is 64.2 Å². The number of aliphatic hydroxyl groups is 1. The Morgan fingerprint density at radius 1 is 1.10 bits per heavy atom. The Hall–Kier alpha value is -2.88. The lowest BCUT2D eigenvalue weighted by Gasteiger charge is -2.22. The molecule has 0 aliphatic rings. The van der Waals surface area contributed by atoms with Crippen LogP contribution in [0.1, 0.15) is 11.3 Å². The molecular weight excluding hydrogens is 404 g/mol. The number of aromatic nitrogens is 3. The molecule has 158 valence electrons. The zero-order valence-electron chi connectivity index (χ0n) is 17.0. The molecule has 2 aromatic heterocycles. The Kier molecular flexibility index (Phi) is 5.05. The first-order valence-electron chi connectivity index (χ1n) is 9.59. The lowest BCUT2D eigenvalue weighted by atomic mass is 10.2. The summed E-state index contributed by atoms with van der Waals surface area (Å²) in [6, 6.07) is 12.4. The number of benzene rings is 2. The first kappa shape index (κ1) is 20.4. The maximum absolute atomic E-state index is 13.0. The van der Waals surface area contributed by atoms with Crippen LogP contribution in [0, 0.1) is 13.8 Å². The van der Waals surface area contributed by atoms with Gasteiger partial charge in [0.25, 0.3) is 0 Å². The summed E-state index contributed by atoms with van der Waals surface area (Å²) in [5, 5.41) is 11.8. The highest BCUT2D eigenvalue weighted by Gasteiger charge is 2.24. The van der Waals surface area contributed by atoms with Crippen molar-refractivity contribution in [2.45, 2.75) is 31.4 Å². The van der Waals surface area contributed by atoms with Gasteiger partial charge in [0.1, 0.15) is 0 Å². The van der Waals surface area contributed by atoms with Crippen molar-refractivity contribution in [3.8, 4) is 0 Å². The van der Waals surface area contributed by atoms with Crippen LogP contribution in [0.3, 0.4) is 0 Å². The number of hydrogen-bond donors (Lipinski definition) is 3. The van der Waals surface area contributed by atoms with Gasteiger partial charge in [-0.1, -0.05) is 18.2 Å². The molecular formula is C21H24N4O4S. The molecule has 3 N–H and O–H groups in total. The lowest BCUT2D eigenvalue weighted by molar-refractivity contribution is 0.135. The van der Waals surface area contributed by atoms with E-state index in [0.717, 1.165) is 26.5 Å². The van der Waals surface area contributed by atoms with Gasteiger partial charge in [-0.25, -0.2) is 13.2 Å². The fourth-order valence-electron chi connectivity index (χ4n) is 3.85. The third kappa shape index (κ3) is 3.45. The van der Waals surface area contributed by atoms with E-state index in [1.807, 2.05) is 42.7 Å². The molecule has 0 bridgehead atoms. The van der Waals surface area contributed by atoms with E-state index < -0.39 is 21.8 Å².